The molecule has 2 aromatic carbocycles. The second kappa shape index (κ2) is 7.90. The number of anilines is 1. The molecular weight excluding hydrogens is 349 g/mol. The van der Waals surface area contributed by atoms with Crippen molar-refractivity contribution < 1.29 is 13.9 Å². The molecule has 0 fully saturated rings. The third kappa shape index (κ3) is 3.92. The lowest BCUT2D eigenvalue weighted by Crippen LogP contribution is -2.23. The highest BCUT2D eigenvalue weighted by molar-refractivity contribution is 5.91. The molecule has 140 valence electrons. The molecule has 1 heterocycles. The lowest BCUT2D eigenvalue weighted by atomic mass is 10.3. The van der Waals surface area contributed by atoms with Crippen LogP contribution in [-0.2, 0) is 11.8 Å². The summed E-state index contributed by atoms with van der Waals surface area (Å²) in [5, 5.41) is 2.64. The zero-order valence-electron chi connectivity index (χ0n) is 15.1. The van der Waals surface area contributed by atoms with E-state index in [0.29, 0.717) is 11.4 Å². The Balaban J connectivity index is 1.70. The molecule has 0 aliphatic carbocycles. The van der Waals surface area contributed by atoms with E-state index in [1.165, 1.54) is 16.8 Å². The minimum atomic E-state index is -0.484. The van der Waals surface area contributed by atoms with Crippen molar-refractivity contribution in [3.05, 3.63) is 76.5 Å². The van der Waals surface area contributed by atoms with Gasteiger partial charge in [0.1, 0.15) is 5.69 Å². The molecule has 6 nitrogen and oxygen atoms in total. The van der Waals surface area contributed by atoms with Crippen LogP contribution in [0.25, 0.3) is 5.69 Å². The van der Waals surface area contributed by atoms with Gasteiger partial charge in [-0.25, -0.2) is 9.07 Å². The molecule has 0 unspecified atom stereocenters. The van der Waals surface area contributed by atoms with Crippen LogP contribution in [0.3, 0.4) is 0 Å². The molecule has 0 spiro atoms. The predicted molar refractivity (Wildman–Crippen MR) is 101 cm³/mol. The average Bonchev–Trinajstić information content (AvgIpc) is 2.87. The zero-order chi connectivity index (χ0) is 19.4. The van der Waals surface area contributed by atoms with Crippen molar-refractivity contribution in [3.63, 3.8) is 0 Å². The Bertz CT molecular complexity index is 1010. The number of benzene rings is 2. The molecule has 0 aliphatic heterocycles. The van der Waals surface area contributed by atoms with Crippen LogP contribution in [0.15, 0.2) is 59.4 Å². The van der Waals surface area contributed by atoms with Crippen molar-refractivity contribution in [1.29, 1.82) is 0 Å². The Morgan fingerprint density at radius 2 is 1.78 bits per heavy atom. The van der Waals surface area contributed by atoms with Gasteiger partial charge in [-0.1, -0.05) is 30.3 Å². The monoisotopic (exact) mass is 369 g/mol. The fourth-order valence-corrected chi connectivity index (χ4v) is 2.73. The Labute approximate surface area is 155 Å². The standard InChI is InChI=1S/C20H20FN3O3/c1-14-19(20(26)24(23(14)2)15-8-4-3-5-9-15)22-18(25)12-13-27-17-11-7-6-10-16(17)21/h3-11H,12-13H2,1-2H3,(H,22,25). The fourth-order valence-electron chi connectivity index (χ4n) is 2.73. The molecule has 0 bridgehead atoms. The Morgan fingerprint density at radius 1 is 1.11 bits per heavy atom. The molecule has 0 saturated carbocycles. The fraction of sp³-hybridized carbons (Fsp3) is 0.200. The van der Waals surface area contributed by atoms with Crippen molar-refractivity contribution in [2.24, 2.45) is 7.05 Å². The van der Waals surface area contributed by atoms with E-state index in [9.17, 15) is 14.0 Å². The van der Waals surface area contributed by atoms with Gasteiger partial charge >= 0.3 is 0 Å². The number of hydrogen-bond donors (Lipinski definition) is 1. The Morgan fingerprint density at radius 3 is 2.48 bits per heavy atom. The minimum Gasteiger partial charge on any atom is -0.490 e. The first-order valence-electron chi connectivity index (χ1n) is 8.50. The summed E-state index contributed by atoms with van der Waals surface area (Å²) in [6, 6.07) is 15.2. The van der Waals surface area contributed by atoms with Crippen LogP contribution in [0.4, 0.5) is 10.1 Å². The van der Waals surface area contributed by atoms with Crippen LogP contribution < -0.4 is 15.6 Å². The van der Waals surface area contributed by atoms with Crippen LogP contribution in [0, 0.1) is 12.7 Å². The second-order valence-corrected chi connectivity index (χ2v) is 6.01. The lowest BCUT2D eigenvalue weighted by Gasteiger charge is -2.07. The number of carbonyl (C=O) groups is 1. The summed E-state index contributed by atoms with van der Waals surface area (Å²) < 4.78 is 22.0. The van der Waals surface area contributed by atoms with Crippen molar-refractivity contribution in [3.8, 4) is 11.4 Å². The van der Waals surface area contributed by atoms with Gasteiger partial charge in [0.15, 0.2) is 11.6 Å². The molecule has 3 aromatic rings. The molecule has 0 saturated heterocycles. The van der Waals surface area contributed by atoms with Gasteiger partial charge in [0.05, 0.1) is 24.4 Å². The number of para-hydroxylation sites is 2. The normalized spacial score (nSPS) is 10.6. The topological polar surface area (TPSA) is 65.3 Å². The Hall–Kier alpha value is -3.35. The molecule has 27 heavy (non-hydrogen) atoms. The number of amides is 1. The van der Waals surface area contributed by atoms with E-state index < -0.39 is 5.82 Å². The van der Waals surface area contributed by atoms with Crippen molar-refractivity contribution in [2.75, 3.05) is 11.9 Å². The zero-order valence-corrected chi connectivity index (χ0v) is 15.1. The van der Waals surface area contributed by atoms with Crippen LogP contribution >= 0.6 is 0 Å². The average molecular weight is 369 g/mol. The van der Waals surface area contributed by atoms with Crippen LogP contribution in [-0.4, -0.2) is 21.9 Å². The van der Waals surface area contributed by atoms with Gasteiger partial charge in [0.25, 0.3) is 5.56 Å². The van der Waals surface area contributed by atoms with E-state index in [4.69, 9.17) is 4.74 Å². The van der Waals surface area contributed by atoms with Crippen LogP contribution in [0.2, 0.25) is 0 Å². The maximum Gasteiger partial charge on any atom is 0.295 e. The van der Waals surface area contributed by atoms with Gasteiger partial charge in [0.2, 0.25) is 5.91 Å². The van der Waals surface area contributed by atoms with Gasteiger partial charge < -0.3 is 10.1 Å². The first-order valence-corrected chi connectivity index (χ1v) is 8.50. The molecule has 1 N–H and O–H groups in total. The van der Waals surface area contributed by atoms with E-state index in [2.05, 4.69) is 5.32 Å². The minimum absolute atomic E-state index is 0.00548. The van der Waals surface area contributed by atoms with Crippen molar-refractivity contribution in [1.82, 2.24) is 9.36 Å². The Kier molecular flexibility index (Phi) is 5.40. The number of rotatable bonds is 6. The third-order valence-electron chi connectivity index (χ3n) is 4.24. The van der Waals surface area contributed by atoms with E-state index in [-0.39, 0.29) is 35.9 Å². The van der Waals surface area contributed by atoms with Gasteiger partial charge in [-0.05, 0) is 31.2 Å². The van der Waals surface area contributed by atoms with Gasteiger partial charge in [-0.15, -0.1) is 0 Å². The lowest BCUT2D eigenvalue weighted by molar-refractivity contribution is -0.116. The van der Waals surface area contributed by atoms with E-state index in [1.807, 2.05) is 30.3 Å². The highest BCUT2D eigenvalue weighted by Crippen LogP contribution is 2.16. The largest absolute Gasteiger partial charge is 0.490 e. The molecule has 0 aliphatic rings. The highest BCUT2D eigenvalue weighted by Gasteiger charge is 2.18. The maximum atomic E-state index is 13.5. The molecule has 1 amide bonds. The van der Waals surface area contributed by atoms with Crippen molar-refractivity contribution >= 4 is 11.6 Å². The van der Waals surface area contributed by atoms with Crippen LogP contribution in [0.5, 0.6) is 5.75 Å². The van der Waals surface area contributed by atoms with Gasteiger partial charge in [-0.3, -0.25) is 14.3 Å². The van der Waals surface area contributed by atoms with Crippen molar-refractivity contribution in [2.45, 2.75) is 13.3 Å². The number of aromatic nitrogens is 2. The maximum absolute atomic E-state index is 13.5. The third-order valence-corrected chi connectivity index (χ3v) is 4.24. The summed E-state index contributed by atoms with van der Waals surface area (Å²) in [7, 11) is 1.75. The predicted octanol–water partition coefficient (Wildman–Crippen LogP) is 3.03. The first kappa shape index (κ1) is 18.4. The molecule has 7 heteroatoms. The molecule has 3 rings (SSSR count). The van der Waals surface area contributed by atoms with Gasteiger partial charge in [0, 0.05) is 7.05 Å². The summed E-state index contributed by atoms with van der Waals surface area (Å²) in [5.41, 5.74) is 1.24. The summed E-state index contributed by atoms with van der Waals surface area (Å²) >= 11 is 0. The number of ether oxygens (including phenoxy) is 1. The number of nitrogens with one attached hydrogen (secondary N) is 1. The summed E-state index contributed by atoms with van der Waals surface area (Å²) in [5.74, 6) is -0.771. The van der Waals surface area contributed by atoms with E-state index in [1.54, 1.807) is 30.8 Å². The molecule has 0 radical (unpaired) electrons. The second-order valence-electron chi connectivity index (χ2n) is 6.01. The SMILES string of the molecule is Cc1c(NC(=O)CCOc2ccccc2F)c(=O)n(-c2ccccc2)n1C. The number of halogens is 1. The molecule has 1 aromatic heterocycles. The quantitative estimate of drug-likeness (QED) is 0.726. The molecular formula is C20H20FN3O3. The van der Waals surface area contributed by atoms with Crippen LogP contribution in [0.1, 0.15) is 12.1 Å². The summed E-state index contributed by atoms with van der Waals surface area (Å²) in [4.78, 5) is 24.9. The number of nitrogens with zero attached hydrogens (tertiary/aromatic N) is 2. The summed E-state index contributed by atoms with van der Waals surface area (Å²) in [6.07, 6.45) is -0.00650. The number of hydrogen-bond acceptors (Lipinski definition) is 3. The van der Waals surface area contributed by atoms with Gasteiger partial charge in [-0.2, -0.15) is 0 Å². The summed E-state index contributed by atoms with van der Waals surface area (Å²) in [6.45, 7) is 1.76. The van der Waals surface area contributed by atoms with E-state index >= 15 is 0 Å². The first-order chi connectivity index (χ1) is 13.0. The molecule has 0 atom stereocenters. The number of carbonyl (C=O) groups excluding carboxylic acids is 1. The highest BCUT2D eigenvalue weighted by atomic mass is 19.1. The van der Waals surface area contributed by atoms with E-state index in [0.717, 1.165) is 0 Å². The smallest absolute Gasteiger partial charge is 0.295 e.